The number of imide groups is 1. The average Bonchev–Trinajstić information content (AvgIpc) is 2.98. The standard InChI is InChI=1S/C14H9N3O2S2.C4H10.C2H6/c18-13-11(20-9-5-1-3-7-15-9)12(14(19)17-13)21-10-6-2-4-8-16-10;1-3-4-2;1-2/h1-8H,(H,17,18,19);3-4H2,1-2H3;1-2H3. The fourth-order valence-corrected chi connectivity index (χ4v) is 3.48. The Balaban J connectivity index is 0.000000541. The molecule has 5 nitrogen and oxygen atoms in total. The molecular formula is C20H25N3O2S2. The minimum absolute atomic E-state index is 0.356. The van der Waals surface area contributed by atoms with Crippen LogP contribution in [0.25, 0.3) is 0 Å². The average molecular weight is 404 g/mol. The first-order valence-electron chi connectivity index (χ1n) is 8.93. The van der Waals surface area contributed by atoms with E-state index in [9.17, 15) is 9.59 Å². The van der Waals surface area contributed by atoms with Gasteiger partial charge in [-0.05, 0) is 24.3 Å². The lowest BCUT2D eigenvalue weighted by Gasteiger charge is -2.02. The number of carbonyl (C=O) groups is 2. The van der Waals surface area contributed by atoms with Gasteiger partial charge >= 0.3 is 0 Å². The second-order valence-electron chi connectivity index (χ2n) is 4.98. The van der Waals surface area contributed by atoms with Gasteiger partial charge in [-0.15, -0.1) is 0 Å². The van der Waals surface area contributed by atoms with Crippen molar-refractivity contribution in [2.24, 2.45) is 0 Å². The van der Waals surface area contributed by atoms with Crippen LogP contribution in [0.5, 0.6) is 0 Å². The highest BCUT2D eigenvalue weighted by atomic mass is 32.2. The maximum atomic E-state index is 11.9. The molecule has 0 saturated heterocycles. The maximum Gasteiger partial charge on any atom is 0.266 e. The molecule has 0 radical (unpaired) electrons. The Kier molecular flexibility index (Phi) is 11.1. The van der Waals surface area contributed by atoms with Gasteiger partial charge in [0.25, 0.3) is 11.8 Å². The van der Waals surface area contributed by atoms with E-state index in [-0.39, 0.29) is 0 Å². The summed E-state index contributed by atoms with van der Waals surface area (Å²) in [7, 11) is 0. The largest absolute Gasteiger partial charge is 0.287 e. The van der Waals surface area contributed by atoms with Crippen molar-refractivity contribution in [1.82, 2.24) is 15.3 Å². The van der Waals surface area contributed by atoms with Gasteiger partial charge in [0, 0.05) is 12.4 Å². The third kappa shape index (κ3) is 7.56. The van der Waals surface area contributed by atoms with E-state index in [0.29, 0.717) is 19.9 Å². The Bertz CT molecular complexity index is 687. The number of nitrogens with zero attached hydrogens (tertiary/aromatic N) is 2. The van der Waals surface area contributed by atoms with Gasteiger partial charge in [-0.3, -0.25) is 14.9 Å². The van der Waals surface area contributed by atoms with Crippen LogP contribution in [-0.4, -0.2) is 21.8 Å². The Hall–Kier alpha value is -2.12. The molecule has 2 amide bonds. The lowest BCUT2D eigenvalue weighted by Crippen LogP contribution is -2.22. The van der Waals surface area contributed by atoms with E-state index < -0.39 is 11.8 Å². The quantitative estimate of drug-likeness (QED) is 0.704. The van der Waals surface area contributed by atoms with Gasteiger partial charge in [0.2, 0.25) is 0 Å². The Morgan fingerprint density at radius 2 is 1.19 bits per heavy atom. The van der Waals surface area contributed by atoms with Crippen molar-refractivity contribution in [3.8, 4) is 0 Å². The van der Waals surface area contributed by atoms with Gasteiger partial charge in [-0.2, -0.15) is 0 Å². The van der Waals surface area contributed by atoms with Crippen LogP contribution < -0.4 is 5.32 Å². The van der Waals surface area contributed by atoms with Crippen LogP contribution in [0.15, 0.2) is 68.7 Å². The summed E-state index contributed by atoms with van der Waals surface area (Å²) in [5.41, 5.74) is 0. The molecule has 0 aliphatic carbocycles. The highest BCUT2D eigenvalue weighted by molar-refractivity contribution is 8.08. The number of hydrogen-bond acceptors (Lipinski definition) is 6. The first kappa shape index (κ1) is 22.9. The van der Waals surface area contributed by atoms with Crippen LogP contribution in [0, 0.1) is 0 Å². The van der Waals surface area contributed by atoms with E-state index in [2.05, 4.69) is 29.1 Å². The number of unbranched alkanes of at least 4 members (excludes halogenated alkanes) is 1. The van der Waals surface area contributed by atoms with Gasteiger partial charge in [0.15, 0.2) is 0 Å². The molecule has 7 heteroatoms. The summed E-state index contributed by atoms with van der Waals surface area (Å²) in [6.45, 7) is 8.36. The van der Waals surface area contributed by atoms with Crippen LogP contribution in [0.2, 0.25) is 0 Å². The molecule has 0 saturated carbocycles. The molecule has 3 heterocycles. The van der Waals surface area contributed by atoms with Crippen LogP contribution in [0.3, 0.4) is 0 Å². The summed E-state index contributed by atoms with van der Waals surface area (Å²) in [6, 6.07) is 10.8. The van der Waals surface area contributed by atoms with Crippen LogP contribution >= 0.6 is 23.5 Å². The summed E-state index contributed by atoms with van der Waals surface area (Å²) >= 11 is 2.35. The smallest absolute Gasteiger partial charge is 0.266 e. The lowest BCUT2D eigenvalue weighted by molar-refractivity contribution is -0.123. The van der Waals surface area contributed by atoms with Crippen LogP contribution in [-0.2, 0) is 9.59 Å². The Labute approximate surface area is 169 Å². The second kappa shape index (κ2) is 13.1. The third-order valence-corrected chi connectivity index (χ3v) is 5.25. The lowest BCUT2D eigenvalue weighted by atomic mass is 10.4. The molecule has 3 rings (SSSR count). The molecular weight excluding hydrogens is 378 g/mol. The zero-order chi connectivity index (χ0) is 20.1. The molecule has 0 bridgehead atoms. The maximum absolute atomic E-state index is 11.9. The van der Waals surface area contributed by atoms with Gasteiger partial charge in [0.05, 0.1) is 9.81 Å². The first-order chi connectivity index (χ1) is 13.2. The predicted octanol–water partition coefficient (Wildman–Crippen LogP) is 5.06. The Morgan fingerprint density at radius 3 is 1.48 bits per heavy atom. The van der Waals surface area contributed by atoms with Gasteiger partial charge in [-0.1, -0.05) is 76.2 Å². The molecule has 1 aliphatic rings. The van der Waals surface area contributed by atoms with Crippen molar-refractivity contribution in [3.05, 3.63) is 58.6 Å². The summed E-state index contributed by atoms with van der Waals surface area (Å²) in [5.74, 6) is -0.789. The number of hydrogen-bond donors (Lipinski definition) is 1. The zero-order valence-electron chi connectivity index (χ0n) is 16.1. The molecule has 27 heavy (non-hydrogen) atoms. The fourth-order valence-electron chi connectivity index (χ4n) is 1.63. The van der Waals surface area contributed by atoms with Gasteiger partial charge in [0.1, 0.15) is 10.1 Å². The Morgan fingerprint density at radius 1 is 0.778 bits per heavy atom. The summed E-state index contributed by atoms with van der Waals surface area (Å²) in [4.78, 5) is 32.9. The second-order valence-corrected chi connectivity index (χ2v) is 7.04. The molecule has 2 aromatic rings. The molecule has 2 aromatic heterocycles. The highest BCUT2D eigenvalue weighted by Gasteiger charge is 2.32. The van der Waals surface area contributed by atoms with E-state index >= 15 is 0 Å². The highest BCUT2D eigenvalue weighted by Crippen LogP contribution is 2.38. The predicted molar refractivity (Wildman–Crippen MR) is 112 cm³/mol. The fraction of sp³-hybridized carbons (Fsp3) is 0.300. The molecule has 0 spiro atoms. The molecule has 1 N–H and O–H groups in total. The number of amides is 2. The van der Waals surface area contributed by atoms with Crippen LogP contribution in [0.1, 0.15) is 40.5 Å². The van der Waals surface area contributed by atoms with Crippen molar-refractivity contribution in [1.29, 1.82) is 0 Å². The number of rotatable bonds is 5. The number of pyridine rings is 2. The van der Waals surface area contributed by atoms with E-state index in [1.807, 2.05) is 26.0 Å². The van der Waals surface area contributed by atoms with E-state index in [0.717, 1.165) is 0 Å². The molecule has 1 aliphatic heterocycles. The minimum atomic E-state index is -0.394. The van der Waals surface area contributed by atoms with E-state index in [1.54, 1.807) is 36.7 Å². The van der Waals surface area contributed by atoms with Crippen molar-refractivity contribution in [2.75, 3.05) is 0 Å². The SMILES string of the molecule is CC.CCCC.O=C1NC(=O)C(Sc2ccccn2)=C1Sc1ccccn1. The summed E-state index contributed by atoms with van der Waals surface area (Å²) < 4.78 is 0. The van der Waals surface area contributed by atoms with Crippen molar-refractivity contribution in [2.45, 2.75) is 50.6 Å². The number of aromatic nitrogens is 2. The van der Waals surface area contributed by atoms with Crippen molar-refractivity contribution >= 4 is 35.3 Å². The van der Waals surface area contributed by atoms with E-state index in [1.165, 1.54) is 36.4 Å². The monoisotopic (exact) mass is 403 g/mol. The van der Waals surface area contributed by atoms with Gasteiger partial charge < -0.3 is 0 Å². The number of carbonyl (C=O) groups excluding carboxylic acids is 2. The molecule has 0 aromatic carbocycles. The topological polar surface area (TPSA) is 72.0 Å². The molecule has 0 atom stereocenters. The molecule has 144 valence electrons. The molecule has 0 fully saturated rings. The van der Waals surface area contributed by atoms with E-state index in [4.69, 9.17) is 0 Å². The summed E-state index contributed by atoms with van der Waals surface area (Å²) in [5, 5.41) is 3.64. The van der Waals surface area contributed by atoms with Crippen molar-refractivity contribution < 1.29 is 9.59 Å². The summed E-state index contributed by atoms with van der Waals surface area (Å²) in [6.07, 6.45) is 5.92. The normalized spacial score (nSPS) is 12.6. The third-order valence-electron chi connectivity index (χ3n) is 3.03. The zero-order valence-corrected chi connectivity index (χ0v) is 17.7. The number of nitrogens with one attached hydrogen (secondary N) is 1. The minimum Gasteiger partial charge on any atom is -0.287 e. The number of thioether (sulfide) groups is 2. The van der Waals surface area contributed by atoms with Crippen molar-refractivity contribution in [3.63, 3.8) is 0 Å². The van der Waals surface area contributed by atoms with Crippen LogP contribution in [0.4, 0.5) is 0 Å². The first-order valence-corrected chi connectivity index (χ1v) is 10.6. The molecule has 0 unspecified atom stereocenters. The van der Waals surface area contributed by atoms with Gasteiger partial charge in [-0.25, -0.2) is 9.97 Å².